The number of carbonyl (C=O) groups excluding carboxylic acids is 3. The van der Waals surface area contributed by atoms with E-state index in [1.54, 1.807) is 30.3 Å². The van der Waals surface area contributed by atoms with Gasteiger partial charge in [-0.25, -0.2) is 14.8 Å². The van der Waals surface area contributed by atoms with Gasteiger partial charge in [-0.3, -0.25) is 19.3 Å². The average molecular weight is 542 g/mol. The van der Waals surface area contributed by atoms with E-state index in [1.165, 1.54) is 15.5 Å². The van der Waals surface area contributed by atoms with Gasteiger partial charge in [-0.05, 0) is 44.4 Å². The van der Waals surface area contributed by atoms with Crippen LogP contribution in [0.25, 0.3) is 0 Å². The first-order valence-corrected chi connectivity index (χ1v) is 13.5. The molecule has 3 fully saturated rings. The lowest BCUT2D eigenvalue weighted by Crippen LogP contribution is -2.49. The van der Waals surface area contributed by atoms with Gasteiger partial charge >= 0.3 is 6.03 Å². The number of aryl methyl sites for hydroxylation is 1. The standard InChI is InChI=1S/C29H31N7O4/c1-20-17-22(35-14-9-28(2,24(35)38)21-7-4-3-5-8-21)18-23(37)34(20)15-16-36-25(39)29(32-27(36)40)10-13-33(19-29)26-30-11-6-12-31-26/h3-8,11-12,17-18H,9-10,13-16,19H2,1-2H3,(H,32,40). The first-order chi connectivity index (χ1) is 19.2. The lowest BCUT2D eigenvalue weighted by molar-refractivity contribution is -0.130. The third kappa shape index (κ3) is 4.12. The number of carbonyl (C=O) groups is 3. The number of pyridine rings is 1. The van der Waals surface area contributed by atoms with Crippen LogP contribution in [0.5, 0.6) is 0 Å². The number of aromatic nitrogens is 3. The average Bonchev–Trinajstić information content (AvgIpc) is 3.59. The highest BCUT2D eigenvalue weighted by atomic mass is 16.2. The monoisotopic (exact) mass is 541 g/mol. The molecule has 2 unspecified atom stereocenters. The summed E-state index contributed by atoms with van der Waals surface area (Å²) in [5, 5.41) is 2.88. The van der Waals surface area contributed by atoms with Crippen molar-refractivity contribution < 1.29 is 14.4 Å². The maximum atomic E-state index is 13.5. The molecular formula is C29H31N7O4. The van der Waals surface area contributed by atoms with Gasteiger partial charge in [0, 0.05) is 50.3 Å². The van der Waals surface area contributed by atoms with Gasteiger partial charge in [0.25, 0.3) is 11.5 Å². The largest absolute Gasteiger partial charge is 0.338 e. The lowest BCUT2D eigenvalue weighted by atomic mass is 9.81. The molecular weight excluding hydrogens is 510 g/mol. The Balaban J connectivity index is 1.15. The summed E-state index contributed by atoms with van der Waals surface area (Å²) in [6.45, 7) is 5.30. The highest BCUT2D eigenvalue weighted by Gasteiger charge is 2.55. The zero-order valence-electron chi connectivity index (χ0n) is 22.5. The first-order valence-electron chi connectivity index (χ1n) is 13.5. The first kappa shape index (κ1) is 25.7. The third-order valence-electron chi connectivity index (χ3n) is 8.49. The van der Waals surface area contributed by atoms with E-state index in [0.29, 0.717) is 43.3 Å². The van der Waals surface area contributed by atoms with E-state index in [-0.39, 0.29) is 37.0 Å². The number of imide groups is 1. The molecule has 3 saturated heterocycles. The number of nitrogens with one attached hydrogen (secondary N) is 1. The fourth-order valence-corrected chi connectivity index (χ4v) is 6.11. The minimum Gasteiger partial charge on any atom is -0.338 e. The SMILES string of the molecule is Cc1cc(N2CCC(C)(c3ccccc3)C2=O)cc(=O)n1CCN1C(=O)NC2(CCN(c3ncccn3)C2)C1=O. The van der Waals surface area contributed by atoms with Gasteiger partial charge in [-0.2, -0.15) is 0 Å². The van der Waals surface area contributed by atoms with Gasteiger partial charge in [0.2, 0.25) is 11.9 Å². The number of hydrogen-bond acceptors (Lipinski definition) is 7. The van der Waals surface area contributed by atoms with Gasteiger partial charge < -0.3 is 19.7 Å². The summed E-state index contributed by atoms with van der Waals surface area (Å²) in [6.07, 6.45) is 4.38. The smallest absolute Gasteiger partial charge is 0.325 e. The summed E-state index contributed by atoms with van der Waals surface area (Å²) < 4.78 is 1.53. The number of rotatable bonds is 6. The van der Waals surface area contributed by atoms with Crippen molar-refractivity contribution in [3.8, 4) is 0 Å². The molecule has 206 valence electrons. The Bertz CT molecular complexity index is 1540. The molecule has 2 atom stereocenters. The predicted molar refractivity (Wildman–Crippen MR) is 148 cm³/mol. The molecule has 4 amide bonds. The Morgan fingerprint density at radius 3 is 2.38 bits per heavy atom. The molecule has 11 nitrogen and oxygen atoms in total. The molecule has 6 rings (SSSR count). The Hall–Kier alpha value is -4.54. The minimum atomic E-state index is -1.03. The second-order valence-corrected chi connectivity index (χ2v) is 10.9. The van der Waals surface area contributed by atoms with E-state index >= 15 is 0 Å². The molecule has 3 aliphatic rings. The molecule has 0 bridgehead atoms. The van der Waals surface area contributed by atoms with Gasteiger partial charge in [0.1, 0.15) is 5.54 Å². The Morgan fingerprint density at radius 1 is 0.900 bits per heavy atom. The number of nitrogens with zero attached hydrogens (tertiary/aromatic N) is 6. The van der Waals surface area contributed by atoms with Crippen molar-refractivity contribution in [3.63, 3.8) is 0 Å². The van der Waals surface area contributed by atoms with Crippen LogP contribution in [-0.2, 0) is 21.5 Å². The molecule has 1 N–H and O–H groups in total. The van der Waals surface area contributed by atoms with Gasteiger partial charge in [-0.1, -0.05) is 30.3 Å². The van der Waals surface area contributed by atoms with Crippen molar-refractivity contribution in [1.82, 2.24) is 24.8 Å². The Morgan fingerprint density at radius 2 is 1.65 bits per heavy atom. The number of amides is 4. The fourth-order valence-electron chi connectivity index (χ4n) is 6.11. The summed E-state index contributed by atoms with van der Waals surface area (Å²) in [5.74, 6) is 0.176. The zero-order chi connectivity index (χ0) is 28.1. The second kappa shape index (κ2) is 9.58. The number of anilines is 2. The van der Waals surface area contributed by atoms with Crippen LogP contribution in [0, 0.1) is 6.92 Å². The number of hydrogen-bond donors (Lipinski definition) is 1. The van der Waals surface area contributed by atoms with Crippen LogP contribution in [0.1, 0.15) is 31.0 Å². The Kier molecular flexibility index (Phi) is 6.16. The molecule has 2 aromatic heterocycles. The van der Waals surface area contributed by atoms with E-state index < -0.39 is 17.0 Å². The van der Waals surface area contributed by atoms with Crippen molar-refractivity contribution in [2.24, 2.45) is 0 Å². The van der Waals surface area contributed by atoms with Crippen LogP contribution < -0.4 is 20.7 Å². The quantitative estimate of drug-likeness (QED) is 0.473. The maximum Gasteiger partial charge on any atom is 0.325 e. The molecule has 1 spiro atoms. The van der Waals surface area contributed by atoms with Crippen molar-refractivity contribution >= 4 is 29.5 Å². The summed E-state index contributed by atoms with van der Waals surface area (Å²) in [7, 11) is 0. The molecule has 40 heavy (non-hydrogen) atoms. The maximum absolute atomic E-state index is 13.5. The van der Waals surface area contributed by atoms with Crippen LogP contribution in [-0.4, -0.2) is 69.0 Å². The summed E-state index contributed by atoms with van der Waals surface area (Å²) in [4.78, 5) is 66.1. The van der Waals surface area contributed by atoms with Crippen molar-refractivity contribution in [2.45, 2.75) is 44.2 Å². The van der Waals surface area contributed by atoms with Gasteiger partial charge in [0.05, 0.1) is 17.6 Å². The van der Waals surface area contributed by atoms with E-state index in [2.05, 4.69) is 15.3 Å². The molecule has 5 heterocycles. The van der Waals surface area contributed by atoms with E-state index in [0.717, 1.165) is 5.56 Å². The predicted octanol–water partition coefficient (Wildman–Crippen LogP) is 1.84. The molecule has 3 aromatic rings. The van der Waals surface area contributed by atoms with Crippen LogP contribution in [0.15, 0.2) is 65.7 Å². The second-order valence-electron chi connectivity index (χ2n) is 10.9. The van der Waals surface area contributed by atoms with Crippen LogP contribution in [0.4, 0.5) is 16.4 Å². The Labute approximate surface area is 231 Å². The number of urea groups is 1. The van der Waals surface area contributed by atoms with Gasteiger partial charge in [0.15, 0.2) is 0 Å². The summed E-state index contributed by atoms with van der Waals surface area (Å²) in [6, 6.07) is 14.2. The normalized spacial score (nSPS) is 24.4. The molecule has 0 saturated carbocycles. The van der Waals surface area contributed by atoms with Crippen LogP contribution in [0.3, 0.4) is 0 Å². The lowest BCUT2D eigenvalue weighted by Gasteiger charge is -2.25. The molecule has 0 aliphatic carbocycles. The topological polar surface area (TPSA) is 121 Å². The van der Waals surface area contributed by atoms with Crippen LogP contribution in [0.2, 0.25) is 0 Å². The highest BCUT2D eigenvalue weighted by molar-refractivity contribution is 6.07. The highest BCUT2D eigenvalue weighted by Crippen LogP contribution is 2.37. The van der Waals surface area contributed by atoms with Gasteiger partial charge in [-0.15, -0.1) is 0 Å². The summed E-state index contributed by atoms with van der Waals surface area (Å²) in [5.41, 5.74) is 0.213. The van der Waals surface area contributed by atoms with E-state index in [1.807, 2.05) is 48.2 Å². The summed E-state index contributed by atoms with van der Waals surface area (Å²) >= 11 is 0. The third-order valence-corrected chi connectivity index (χ3v) is 8.49. The zero-order valence-corrected chi connectivity index (χ0v) is 22.5. The minimum absolute atomic E-state index is 0.0357. The van der Waals surface area contributed by atoms with E-state index in [4.69, 9.17) is 0 Å². The number of benzene rings is 1. The molecule has 3 aliphatic heterocycles. The van der Waals surface area contributed by atoms with Crippen molar-refractivity contribution in [2.75, 3.05) is 36.0 Å². The van der Waals surface area contributed by atoms with Crippen LogP contribution >= 0.6 is 0 Å². The fraction of sp³-hybridized carbons (Fsp3) is 0.379. The van der Waals surface area contributed by atoms with Crippen molar-refractivity contribution in [3.05, 3.63) is 82.5 Å². The molecule has 1 aromatic carbocycles. The van der Waals surface area contributed by atoms with E-state index in [9.17, 15) is 19.2 Å². The molecule has 11 heteroatoms. The molecule has 0 radical (unpaired) electrons. The van der Waals surface area contributed by atoms with Crippen molar-refractivity contribution in [1.29, 1.82) is 0 Å².